The predicted octanol–water partition coefficient (Wildman–Crippen LogP) is 1.51. The molecule has 0 N–H and O–H groups in total. The van der Waals surface area contributed by atoms with E-state index in [4.69, 9.17) is 9.47 Å². The Bertz CT molecular complexity index is 436. The van der Waals surface area contributed by atoms with E-state index >= 15 is 0 Å². The Hall–Kier alpha value is -1.79. The number of piperidine rings is 2. The molecule has 22 heavy (non-hydrogen) atoms. The third-order valence-corrected chi connectivity index (χ3v) is 4.31. The van der Waals surface area contributed by atoms with Crippen LogP contribution in [0.1, 0.15) is 27.7 Å². The molecule has 2 fully saturated rings. The Kier molecular flexibility index (Phi) is 4.35. The van der Waals surface area contributed by atoms with Crippen LogP contribution in [0.15, 0.2) is 0 Å². The van der Waals surface area contributed by atoms with Gasteiger partial charge in [-0.15, -0.1) is 0 Å². The third kappa shape index (κ3) is 2.76. The SMILES string of the molecule is CCOC(=O)N1CC2(C)CN(C(=O)OCC)CC(C)(C1)C2=O. The van der Waals surface area contributed by atoms with Crippen LogP contribution in [0, 0.1) is 10.8 Å². The highest BCUT2D eigenvalue weighted by Crippen LogP contribution is 2.42. The zero-order valence-electron chi connectivity index (χ0n) is 13.7. The van der Waals surface area contributed by atoms with E-state index in [9.17, 15) is 14.4 Å². The third-order valence-electron chi connectivity index (χ3n) is 4.31. The van der Waals surface area contributed by atoms with Crippen molar-refractivity contribution in [2.75, 3.05) is 39.4 Å². The molecular formula is C15H24N2O5. The molecule has 0 saturated carbocycles. The number of ether oxygens (including phenoxy) is 2. The highest BCUT2D eigenvalue weighted by Gasteiger charge is 2.57. The average molecular weight is 312 g/mol. The highest BCUT2D eigenvalue weighted by atomic mass is 16.6. The first kappa shape index (κ1) is 16.6. The fourth-order valence-electron chi connectivity index (χ4n) is 3.60. The topological polar surface area (TPSA) is 76.2 Å². The lowest BCUT2D eigenvalue weighted by Crippen LogP contribution is -2.69. The maximum Gasteiger partial charge on any atom is 0.409 e. The molecule has 2 aliphatic rings. The number of amides is 2. The molecule has 7 nitrogen and oxygen atoms in total. The summed E-state index contributed by atoms with van der Waals surface area (Å²) in [5.41, 5.74) is -1.57. The lowest BCUT2D eigenvalue weighted by atomic mass is 9.64. The standard InChI is InChI=1S/C15H24N2O5/c1-5-21-12(19)16-7-14(3)9-17(13(20)22-6-2)10-15(4,8-16)11(14)18/h5-10H2,1-4H3. The van der Waals surface area contributed by atoms with Crippen LogP contribution in [0.3, 0.4) is 0 Å². The molecule has 0 aromatic rings. The van der Waals surface area contributed by atoms with Crippen molar-refractivity contribution in [3.63, 3.8) is 0 Å². The lowest BCUT2D eigenvalue weighted by molar-refractivity contribution is -0.154. The summed E-state index contributed by atoms with van der Waals surface area (Å²) in [4.78, 5) is 39.9. The Morgan fingerprint density at radius 1 is 0.909 bits per heavy atom. The molecule has 2 amide bonds. The number of ketones is 1. The summed E-state index contributed by atoms with van der Waals surface area (Å²) in [5.74, 6) is 0.0982. The smallest absolute Gasteiger partial charge is 0.409 e. The van der Waals surface area contributed by atoms with Crippen LogP contribution in [0.4, 0.5) is 9.59 Å². The van der Waals surface area contributed by atoms with Crippen molar-refractivity contribution in [1.29, 1.82) is 0 Å². The molecule has 0 aromatic heterocycles. The van der Waals surface area contributed by atoms with E-state index in [1.807, 2.05) is 0 Å². The summed E-state index contributed by atoms with van der Waals surface area (Å²) >= 11 is 0. The van der Waals surface area contributed by atoms with Crippen LogP contribution in [-0.2, 0) is 14.3 Å². The number of carbonyl (C=O) groups is 3. The van der Waals surface area contributed by atoms with E-state index in [2.05, 4.69) is 0 Å². The zero-order chi connectivity index (χ0) is 16.5. The Morgan fingerprint density at radius 2 is 1.23 bits per heavy atom. The van der Waals surface area contributed by atoms with Gasteiger partial charge in [-0.3, -0.25) is 4.79 Å². The first-order chi connectivity index (χ1) is 10.3. The summed E-state index contributed by atoms with van der Waals surface area (Å²) in [7, 11) is 0. The van der Waals surface area contributed by atoms with Gasteiger partial charge in [0.15, 0.2) is 5.78 Å². The summed E-state index contributed by atoms with van der Waals surface area (Å²) in [6.45, 7) is 8.73. The van der Waals surface area contributed by atoms with Gasteiger partial charge in [0.25, 0.3) is 0 Å². The van der Waals surface area contributed by atoms with Gasteiger partial charge in [0.05, 0.1) is 24.0 Å². The highest BCUT2D eigenvalue weighted by molar-refractivity contribution is 5.94. The number of likely N-dealkylation sites (tertiary alicyclic amines) is 2. The number of hydrogen-bond acceptors (Lipinski definition) is 5. The fourth-order valence-corrected chi connectivity index (χ4v) is 3.60. The minimum absolute atomic E-state index is 0.0982. The van der Waals surface area contributed by atoms with Gasteiger partial charge in [-0.1, -0.05) is 0 Å². The van der Waals surface area contributed by atoms with Gasteiger partial charge in [0.2, 0.25) is 0 Å². The minimum atomic E-state index is -0.787. The second-order valence-electron chi connectivity index (χ2n) is 6.56. The van der Waals surface area contributed by atoms with Crippen LogP contribution in [-0.4, -0.2) is 67.2 Å². The molecule has 2 bridgehead atoms. The maximum absolute atomic E-state index is 12.7. The fraction of sp³-hybridized carbons (Fsp3) is 0.800. The van der Waals surface area contributed by atoms with Crippen LogP contribution in [0.25, 0.3) is 0 Å². The summed E-state index contributed by atoms with van der Waals surface area (Å²) in [6, 6.07) is 0. The Morgan fingerprint density at radius 3 is 1.50 bits per heavy atom. The molecule has 2 rings (SSSR count). The summed E-state index contributed by atoms with van der Waals surface area (Å²) in [5, 5.41) is 0. The first-order valence-electron chi connectivity index (χ1n) is 7.64. The van der Waals surface area contributed by atoms with E-state index in [1.165, 1.54) is 0 Å². The average Bonchev–Trinajstić information content (AvgIpc) is 2.42. The predicted molar refractivity (Wildman–Crippen MR) is 78.4 cm³/mol. The number of Topliss-reactive ketones (excluding diaryl/α,β-unsaturated/α-hetero) is 1. The van der Waals surface area contributed by atoms with Crippen LogP contribution in [0.5, 0.6) is 0 Å². The van der Waals surface area contributed by atoms with E-state index in [0.717, 1.165) is 0 Å². The lowest BCUT2D eigenvalue weighted by Gasteiger charge is -2.54. The van der Waals surface area contributed by atoms with Gasteiger partial charge in [0.1, 0.15) is 0 Å². The van der Waals surface area contributed by atoms with Gasteiger partial charge >= 0.3 is 12.2 Å². The molecule has 0 atom stereocenters. The second-order valence-corrected chi connectivity index (χ2v) is 6.56. The Balaban J connectivity index is 2.23. The Labute approximate surface area is 130 Å². The van der Waals surface area contributed by atoms with Crippen molar-refractivity contribution in [2.24, 2.45) is 10.8 Å². The summed E-state index contributed by atoms with van der Waals surface area (Å²) < 4.78 is 10.1. The quantitative estimate of drug-likeness (QED) is 0.772. The van der Waals surface area contributed by atoms with Crippen molar-refractivity contribution < 1.29 is 23.9 Å². The van der Waals surface area contributed by atoms with Crippen molar-refractivity contribution in [3.8, 4) is 0 Å². The number of carbonyl (C=O) groups excluding carboxylic acids is 3. The zero-order valence-corrected chi connectivity index (χ0v) is 13.7. The molecule has 0 radical (unpaired) electrons. The van der Waals surface area contributed by atoms with Crippen molar-refractivity contribution in [3.05, 3.63) is 0 Å². The second kappa shape index (κ2) is 5.78. The molecular weight excluding hydrogens is 288 g/mol. The van der Waals surface area contributed by atoms with Gasteiger partial charge < -0.3 is 19.3 Å². The van der Waals surface area contributed by atoms with Gasteiger partial charge in [0, 0.05) is 26.2 Å². The number of hydrogen-bond donors (Lipinski definition) is 0. The van der Waals surface area contributed by atoms with Crippen LogP contribution >= 0.6 is 0 Å². The molecule has 7 heteroatoms. The van der Waals surface area contributed by atoms with E-state index < -0.39 is 23.0 Å². The van der Waals surface area contributed by atoms with E-state index in [1.54, 1.807) is 37.5 Å². The van der Waals surface area contributed by atoms with Gasteiger partial charge in [-0.2, -0.15) is 0 Å². The molecule has 2 heterocycles. The van der Waals surface area contributed by atoms with Crippen molar-refractivity contribution in [1.82, 2.24) is 9.80 Å². The number of fused-ring (bicyclic) bond motifs is 2. The monoisotopic (exact) mass is 312 g/mol. The first-order valence-corrected chi connectivity index (χ1v) is 7.64. The van der Waals surface area contributed by atoms with Crippen molar-refractivity contribution >= 4 is 18.0 Å². The molecule has 0 spiro atoms. The molecule has 2 aliphatic heterocycles. The van der Waals surface area contributed by atoms with Gasteiger partial charge in [-0.25, -0.2) is 9.59 Å². The van der Waals surface area contributed by atoms with E-state index in [0.29, 0.717) is 13.2 Å². The maximum atomic E-state index is 12.7. The van der Waals surface area contributed by atoms with Gasteiger partial charge in [-0.05, 0) is 27.7 Å². The normalized spacial score (nSPS) is 31.0. The molecule has 0 unspecified atom stereocenters. The minimum Gasteiger partial charge on any atom is -0.450 e. The summed E-state index contributed by atoms with van der Waals surface area (Å²) in [6.07, 6.45) is -0.811. The molecule has 0 aromatic carbocycles. The largest absolute Gasteiger partial charge is 0.450 e. The molecule has 2 saturated heterocycles. The van der Waals surface area contributed by atoms with Crippen LogP contribution in [0.2, 0.25) is 0 Å². The molecule has 124 valence electrons. The van der Waals surface area contributed by atoms with Crippen LogP contribution < -0.4 is 0 Å². The molecule has 0 aliphatic carbocycles. The van der Waals surface area contributed by atoms with E-state index in [-0.39, 0.29) is 32.0 Å². The number of nitrogens with zero attached hydrogens (tertiary/aromatic N) is 2. The van der Waals surface area contributed by atoms with Crippen molar-refractivity contribution in [2.45, 2.75) is 27.7 Å². The number of rotatable bonds is 2.